The van der Waals surface area contributed by atoms with E-state index in [0.717, 1.165) is 27.7 Å². The van der Waals surface area contributed by atoms with Crippen molar-refractivity contribution in [2.75, 3.05) is 5.32 Å². The normalized spacial score (nSPS) is 10.6. The Morgan fingerprint density at radius 2 is 1.67 bits per heavy atom. The number of para-hydroxylation sites is 2. The minimum absolute atomic E-state index is 0.106. The van der Waals surface area contributed by atoms with Crippen LogP contribution in [0, 0.1) is 13.8 Å². The summed E-state index contributed by atoms with van der Waals surface area (Å²) in [4.78, 5) is 16.9. The Balaban J connectivity index is 2.02. The van der Waals surface area contributed by atoms with Crippen molar-refractivity contribution >= 4 is 22.5 Å². The molecule has 1 heterocycles. The number of amides is 1. The van der Waals surface area contributed by atoms with Gasteiger partial charge in [-0.25, -0.2) is 0 Å². The second-order valence-electron chi connectivity index (χ2n) is 5.10. The fourth-order valence-corrected chi connectivity index (χ4v) is 2.49. The number of rotatable bonds is 2. The average Bonchev–Trinajstić information content (AvgIpc) is 2.50. The number of benzene rings is 2. The van der Waals surface area contributed by atoms with Gasteiger partial charge in [0.05, 0.1) is 11.1 Å². The van der Waals surface area contributed by atoms with Crippen molar-refractivity contribution in [1.29, 1.82) is 0 Å². The minimum atomic E-state index is -0.106. The van der Waals surface area contributed by atoms with Crippen molar-refractivity contribution in [3.05, 3.63) is 71.4 Å². The number of hydrogen-bond acceptors (Lipinski definition) is 2. The standard InChI is InChI=1S/C18H16N2O/c1-12-6-5-7-13(2)17(12)20-18(21)15-10-11-19-16-9-4-3-8-14(15)16/h3-11H,1-2H3,(H,20,21). The number of anilines is 1. The molecule has 2 aromatic carbocycles. The highest BCUT2D eigenvalue weighted by atomic mass is 16.1. The number of carbonyl (C=O) groups is 1. The van der Waals surface area contributed by atoms with Gasteiger partial charge in [-0.3, -0.25) is 9.78 Å². The molecule has 0 spiro atoms. The lowest BCUT2D eigenvalue weighted by Gasteiger charge is -2.12. The molecule has 1 N–H and O–H groups in total. The summed E-state index contributed by atoms with van der Waals surface area (Å²) in [5.74, 6) is -0.106. The first kappa shape index (κ1) is 13.3. The highest BCUT2D eigenvalue weighted by molar-refractivity contribution is 6.12. The highest BCUT2D eigenvalue weighted by Crippen LogP contribution is 2.22. The number of pyridine rings is 1. The van der Waals surface area contributed by atoms with E-state index in [1.807, 2.05) is 56.3 Å². The molecule has 3 heteroatoms. The smallest absolute Gasteiger partial charge is 0.256 e. The van der Waals surface area contributed by atoms with Crippen LogP contribution in [0.3, 0.4) is 0 Å². The van der Waals surface area contributed by atoms with Crippen molar-refractivity contribution in [3.63, 3.8) is 0 Å². The quantitative estimate of drug-likeness (QED) is 0.765. The maximum absolute atomic E-state index is 12.6. The summed E-state index contributed by atoms with van der Waals surface area (Å²) in [6.07, 6.45) is 1.67. The van der Waals surface area contributed by atoms with Gasteiger partial charge in [0.15, 0.2) is 0 Å². The summed E-state index contributed by atoms with van der Waals surface area (Å²) in [6, 6.07) is 15.4. The second-order valence-corrected chi connectivity index (χ2v) is 5.10. The van der Waals surface area contributed by atoms with Crippen molar-refractivity contribution in [1.82, 2.24) is 4.98 Å². The van der Waals surface area contributed by atoms with Crippen LogP contribution in [0.5, 0.6) is 0 Å². The van der Waals surface area contributed by atoms with Gasteiger partial charge in [-0.15, -0.1) is 0 Å². The van der Waals surface area contributed by atoms with Crippen LogP contribution in [-0.4, -0.2) is 10.9 Å². The Morgan fingerprint density at radius 3 is 2.43 bits per heavy atom. The molecule has 21 heavy (non-hydrogen) atoms. The Labute approximate surface area is 123 Å². The van der Waals surface area contributed by atoms with Crippen LogP contribution in [0.1, 0.15) is 21.5 Å². The molecular formula is C18H16N2O. The molecule has 0 radical (unpaired) electrons. The van der Waals surface area contributed by atoms with Crippen LogP contribution in [-0.2, 0) is 0 Å². The molecule has 0 saturated heterocycles. The van der Waals surface area contributed by atoms with Crippen molar-refractivity contribution in [2.45, 2.75) is 13.8 Å². The molecule has 3 rings (SSSR count). The molecule has 0 saturated carbocycles. The van der Waals surface area contributed by atoms with E-state index in [1.54, 1.807) is 12.3 Å². The monoisotopic (exact) mass is 276 g/mol. The summed E-state index contributed by atoms with van der Waals surface area (Å²) in [5, 5.41) is 3.88. The van der Waals surface area contributed by atoms with Gasteiger partial charge < -0.3 is 5.32 Å². The SMILES string of the molecule is Cc1cccc(C)c1NC(=O)c1ccnc2ccccc12. The van der Waals surface area contributed by atoms with Gasteiger partial charge in [-0.1, -0.05) is 36.4 Å². The largest absolute Gasteiger partial charge is 0.321 e. The zero-order chi connectivity index (χ0) is 14.8. The van der Waals surface area contributed by atoms with Crippen LogP contribution in [0.2, 0.25) is 0 Å². The zero-order valence-corrected chi connectivity index (χ0v) is 12.1. The number of nitrogens with zero attached hydrogens (tertiary/aromatic N) is 1. The lowest BCUT2D eigenvalue weighted by Crippen LogP contribution is -2.14. The fraction of sp³-hybridized carbons (Fsp3) is 0.111. The molecule has 104 valence electrons. The van der Waals surface area contributed by atoms with Crippen LogP contribution in [0.25, 0.3) is 10.9 Å². The van der Waals surface area contributed by atoms with Crippen LogP contribution in [0.15, 0.2) is 54.7 Å². The average molecular weight is 276 g/mol. The molecule has 1 amide bonds. The van der Waals surface area contributed by atoms with E-state index in [4.69, 9.17) is 0 Å². The van der Waals surface area contributed by atoms with E-state index in [0.29, 0.717) is 5.56 Å². The maximum Gasteiger partial charge on any atom is 0.256 e. The molecule has 0 bridgehead atoms. The van der Waals surface area contributed by atoms with E-state index in [9.17, 15) is 4.79 Å². The van der Waals surface area contributed by atoms with Crippen molar-refractivity contribution in [3.8, 4) is 0 Å². The Bertz CT molecular complexity index is 799. The Morgan fingerprint density at radius 1 is 0.952 bits per heavy atom. The first-order valence-corrected chi connectivity index (χ1v) is 6.88. The van der Waals surface area contributed by atoms with Gasteiger partial charge in [-0.2, -0.15) is 0 Å². The molecule has 1 aromatic heterocycles. The molecule has 0 unspecified atom stereocenters. The third kappa shape index (κ3) is 2.50. The number of aromatic nitrogens is 1. The topological polar surface area (TPSA) is 42.0 Å². The summed E-state index contributed by atoms with van der Waals surface area (Å²) < 4.78 is 0. The van der Waals surface area contributed by atoms with Gasteiger partial charge in [-0.05, 0) is 37.1 Å². The van der Waals surface area contributed by atoms with E-state index in [2.05, 4.69) is 10.3 Å². The van der Waals surface area contributed by atoms with E-state index in [1.165, 1.54) is 0 Å². The number of hydrogen-bond donors (Lipinski definition) is 1. The van der Waals surface area contributed by atoms with Gasteiger partial charge in [0, 0.05) is 17.3 Å². The summed E-state index contributed by atoms with van der Waals surface area (Å²) in [7, 11) is 0. The predicted octanol–water partition coefficient (Wildman–Crippen LogP) is 4.10. The molecule has 0 aliphatic rings. The van der Waals surface area contributed by atoms with Gasteiger partial charge in [0.25, 0.3) is 5.91 Å². The van der Waals surface area contributed by atoms with Crippen LogP contribution in [0.4, 0.5) is 5.69 Å². The second kappa shape index (κ2) is 5.37. The molecule has 3 aromatic rings. The maximum atomic E-state index is 12.6. The third-order valence-electron chi connectivity index (χ3n) is 3.61. The number of carbonyl (C=O) groups excluding carboxylic acids is 1. The van der Waals surface area contributed by atoms with Crippen LogP contribution < -0.4 is 5.32 Å². The van der Waals surface area contributed by atoms with E-state index in [-0.39, 0.29) is 5.91 Å². The van der Waals surface area contributed by atoms with Gasteiger partial charge in [0.1, 0.15) is 0 Å². The Hall–Kier alpha value is -2.68. The molecule has 0 aliphatic carbocycles. The molecule has 0 fully saturated rings. The van der Waals surface area contributed by atoms with Crippen molar-refractivity contribution < 1.29 is 4.79 Å². The predicted molar refractivity (Wildman–Crippen MR) is 85.6 cm³/mol. The molecule has 3 nitrogen and oxygen atoms in total. The minimum Gasteiger partial charge on any atom is -0.321 e. The number of aryl methyl sites for hydroxylation is 2. The van der Waals surface area contributed by atoms with Gasteiger partial charge in [0.2, 0.25) is 0 Å². The van der Waals surface area contributed by atoms with E-state index >= 15 is 0 Å². The summed E-state index contributed by atoms with van der Waals surface area (Å²) >= 11 is 0. The lowest BCUT2D eigenvalue weighted by atomic mass is 10.1. The third-order valence-corrected chi connectivity index (χ3v) is 3.61. The zero-order valence-electron chi connectivity index (χ0n) is 12.1. The number of nitrogens with one attached hydrogen (secondary N) is 1. The summed E-state index contributed by atoms with van der Waals surface area (Å²) in [5.41, 5.74) is 4.46. The first-order chi connectivity index (χ1) is 10.2. The molecular weight excluding hydrogens is 260 g/mol. The fourth-order valence-electron chi connectivity index (χ4n) is 2.49. The van der Waals surface area contributed by atoms with Crippen LogP contribution >= 0.6 is 0 Å². The number of fused-ring (bicyclic) bond motifs is 1. The van der Waals surface area contributed by atoms with Crippen molar-refractivity contribution in [2.24, 2.45) is 0 Å². The molecule has 0 aliphatic heterocycles. The Kier molecular flexibility index (Phi) is 3.40. The molecule has 0 atom stereocenters. The first-order valence-electron chi connectivity index (χ1n) is 6.88. The van der Waals surface area contributed by atoms with E-state index < -0.39 is 0 Å². The van der Waals surface area contributed by atoms with Gasteiger partial charge >= 0.3 is 0 Å². The summed E-state index contributed by atoms with van der Waals surface area (Å²) in [6.45, 7) is 3.99. The highest BCUT2D eigenvalue weighted by Gasteiger charge is 2.12. The lowest BCUT2D eigenvalue weighted by molar-refractivity contribution is 0.102.